The van der Waals surface area contributed by atoms with E-state index in [0.29, 0.717) is 34.0 Å². The number of hydrogen-bond donors (Lipinski definition) is 1. The van der Waals surface area contributed by atoms with Gasteiger partial charge in [0.2, 0.25) is 5.91 Å². The minimum Gasteiger partial charge on any atom is -0.495 e. The van der Waals surface area contributed by atoms with Crippen molar-refractivity contribution in [3.05, 3.63) is 39.3 Å². The van der Waals surface area contributed by atoms with E-state index >= 15 is 0 Å². The number of nitrogens with zero attached hydrogens (tertiary/aromatic N) is 2. The van der Waals surface area contributed by atoms with Crippen LogP contribution >= 0.6 is 22.9 Å². The molecular weight excluding hydrogens is 434 g/mol. The van der Waals surface area contributed by atoms with Crippen molar-refractivity contribution in [3.63, 3.8) is 0 Å². The molecule has 0 unspecified atom stereocenters. The van der Waals surface area contributed by atoms with Crippen LogP contribution in [0.25, 0.3) is 0 Å². The molecule has 4 rings (SSSR count). The summed E-state index contributed by atoms with van der Waals surface area (Å²) >= 11 is 7.65. The van der Waals surface area contributed by atoms with Crippen LogP contribution in [0, 0.1) is 5.92 Å². The van der Waals surface area contributed by atoms with Crippen molar-refractivity contribution in [2.45, 2.75) is 50.9 Å². The average Bonchev–Trinajstić information content (AvgIpc) is 3.30. The minimum atomic E-state index is -0.256. The predicted octanol–water partition coefficient (Wildman–Crippen LogP) is 5.34. The van der Waals surface area contributed by atoms with Gasteiger partial charge in [-0.2, -0.15) is 0 Å². The van der Waals surface area contributed by atoms with Crippen LogP contribution in [-0.2, 0) is 4.79 Å². The highest BCUT2D eigenvalue weighted by Crippen LogP contribution is 2.33. The highest BCUT2D eigenvalue weighted by molar-refractivity contribution is 7.10. The van der Waals surface area contributed by atoms with Gasteiger partial charge in [0, 0.05) is 36.0 Å². The van der Waals surface area contributed by atoms with Gasteiger partial charge in [0.15, 0.2) is 0 Å². The van der Waals surface area contributed by atoms with Crippen LogP contribution in [0.15, 0.2) is 23.6 Å². The molecule has 1 aromatic heterocycles. The van der Waals surface area contributed by atoms with Gasteiger partial charge >= 0.3 is 0 Å². The summed E-state index contributed by atoms with van der Waals surface area (Å²) in [6, 6.07) is 5.12. The topological polar surface area (TPSA) is 71.5 Å². The minimum absolute atomic E-state index is 0.229. The molecule has 0 bridgehead atoms. The Bertz CT molecular complexity index is 934. The van der Waals surface area contributed by atoms with Crippen LogP contribution in [0.2, 0.25) is 5.02 Å². The third kappa shape index (κ3) is 5.21. The SMILES string of the molecule is COc1ccc(NC(=O)c2csc(C3CCN(C(=O)C4CCCCC4)CC3)n2)cc1Cl. The molecule has 0 radical (unpaired) electrons. The number of thiazole rings is 1. The lowest BCUT2D eigenvalue weighted by Gasteiger charge is -2.34. The Hall–Kier alpha value is -2.12. The predicted molar refractivity (Wildman–Crippen MR) is 123 cm³/mol. The van der Waals surface area contributed by atoms with Crippen LogP contribution in [0.1, 0.15) is 66.4 Å². The van der Waals surface area contributed by atoms with Crippen molar-refractivity contribution < 1.29 is 14.3 Å². The van der Waals surface area contributed by atoms with E-state index in [2.05, 4.69) is 10.3 Å². The zero-order chi connectivity index (χ0) is 21.8. The summed E-state index contributed by atoms with van der Waals surface area (Å²) in [4.78, 5) is 32.0. The lowest BCUT2D eigenvalue weighted by atomic mass is 9.87. The molecule has 0 spiro atoms. The molecule has 166 valence electrons. The number of ether oxygens (including phenoxy) is 1. The van der Waals surface area contributed by atoms with Gasteiger partial charge in [-0.05, 0) is 43.9 Å². The smallest absolute Gasteiger partial charge is 0.275 e. The van der Waals surface area contributed by atoms with Crippen molar-refractivity contribution in [2.24, 2.45) is 5.92 Å². The molecule has 2 aromatic rings. The standard InChI is InChI=1S/C23H28ClN3O3S/c1-30-20-8-7-17(13-18(20)24)25-21(28)19-14-31-22(26-19)15-9-11-27(12-10-15)23(29)16-5-3-2-4-6-16/h7-8,13-16H,2-6,9-12H2,1H3,(H,25,28). The summed E-state index contributed by atoms with van der Waals surface area (Å²) in [6.45, 7) is 1.57. The van der Waals surface area contributed by atoms with Gasteiger partial charge in [0.25, 0.3) is 5.91 Å². The molecule has 2 heterocycles. The van der Waals surface area contributed by atoms with Gasteiger partial charge < -0.3 is 15.0 Å². The van der Waals surface area contributed by atoms with Crippen molar-refractivity contribution >= 4 is 40.4 Å². The number of carbonyl (C=O) groups is 2. The van der Waals surface area contributed by atoms with E-state index in [1.54, 1.807) is 30.7 Å². The number of anilines is 1. The normalized spacial score (nSPS) is 18.1. The fraction of sp³-hybridized carbons (Fsp3) is 0.522. The molecule has 1 aromatic carbocycles. The number of halogens is 1. The Morgan fingerprint density at radius 3 is 2.58 bits per heavy atom. The van der Waals surface area contributed by atoms with E-state index in [-0.39, 0.29) is 11.8 Å². The lowest BCUT2D eigenvalue weighted by Crippen LogP contribution is -2.41. The summed E-state index contributed by atoms with van der Waals surface area (Å²) in [5, 5.41) is 6.05. The van der Waals surface area contributed by atoms with E-state index < -0.39 is 0 Å². The van der Waals surface area contributed by atoms with Crippen LogP contribution < -0.4 is 10.1 Å². The van der Waals surface area contributed by atoms with Crippen LogP contribution in [-0.4, -0.2) is 41.9 Å². The quantitative estimate of drug-likeness (QED) is 0.652. The molecule has 31 heavy (non-hydrogen) atoms. The Morgan fingerprint density at radius 1 is 1.16 bits per heavy atom. The zero-order valence-corrected chi connectivity index (χ0v) is 19.3. The summed E-state index contributed by atoms with van der Waals surface area (Å²) in [5.41, 5.74) is 1.01. The fourth-order valence-electron chi connectivity index (χ4n) is 4.47. The molecule has 1 aliphatic carbocycles. The number of hydrogen-bond acceptors (Lipinski definition) is 5. The van der Waals surface area contributed by atoms with E-state index in [1.807, 2.05) is 4.90 Å². The number of aromatic nitrogens is 1. The molecule has 2 aliphatic rings. The van der Waals surface area contributed by atoms with Crippen LogP contribution in [0.3, 0.4) is 0 Å². The number of likely N-dealkylation sites (tertiary alicyclic amines) is 1. The van der Waals surface area contributed by atoms with Gasteiger partial charge in [-0.1, -0.05) is 30.9 Å². The second-order valence-corrected chi connectivity index (χ2v) is 9.61. The maximum Gasteiger partial charge on any atom is 0.275 e. The lowest BCUT2D eigenvalue weighted by molar-refractivity contribution is -0.137. The monoisotopic (exact) mass is 461 g/mol. The molecular formula is C23H28ClN3O3S. The fourth-order valence-corrected chi connectivity index (χ4v) is 5.70. The van der Waals surface area contributed by atoms with Crippen molar-refractivity contribution in [1.29, 1.82) is 0 Å². The summed E-state index contributed by atoms with van der Waals surface area (Å²) in [5.74, 6) is 1.18. The first-order valence-electron chi connectivity index (χ1n) is 10.9. The molecule has 1 aliphatic heterocycles. The van der Waals surface area contributed by atoms with Crippen molar-refractivity contribution in [2.75, 3.05) is 25.5 Å². The molecule has 1 saturated carbocycles. The highest BCUT2D eigenvalue weighted by Gasteiger charge is 2.30. The van der Waals surface area contributed by atoms with E-state index in [1.165, 1.54) is 30.6 Å². The number of nitrogens with one attached hydrogen (secondary N) is 1. The van der Waals surface area contributed by atoms with Crippen LogP contribution in [0.4, 0.5) is 5.69 Å². The Morgan fingerprint density at radius 2 is 1.90 bits per heavy atom. The molecule has 2 fully saturated rings. The number of piperidine rings is 1. The third-order valence-corrected chi connectivity index (χ3v) is 7.58. The average molecular weight is 462 g/mol. The first kappa shape index (κ1) is 22.1. The molecule has 2 amide bonds. The molecule has 1 N–H and O–H groups in total. The second-order valence-electron chi connectivity index (χ2n) is 8.31. The molecule has 8 heteroatoms. The first-order chi connectivity index (χ1) is 15.0. The van der Waals surface area contributed by atoms with Gasteiger partial charge in [-0.15, -0.1) is 11.3 Å². The number of amides is 2. The Balaban J connectivity index is 1.32. The Labute approximate surface area is 191 Å². The number of rotatable bonds is 5. The highest BCUT2D eigenvalue weighted by atomic mass is 35.5. The van der Waals surface area contributed by atoms with Crippen molar-refractivity contribution in [3.8, 4) is 5.75 Å². The number of methoxy groups -OCH3 is 1. The molecule has 0 atom stereocenters. The van der Waals surface area contributed by atoms with Gasteiger partial charge in [0.05, 0.1) is 17.1 Å². The van der Waals surface area contributed by atoms with E-state index in [4.69, 9.17) is 16.3 Å². The van der Waals surface area contributed by atoms with Gasteiger partial charge in [-0.3, -0.25) is 9.59 Å². The first-order valence-corrected chi connectivity index (χ1v) is 12.2. The van der Waals surface area contributed by atoms with Crippen LogP contribution in [0.5, 0.6) is 5.75 Å². The number of carbonyl (C=O) groups excluding carboxylic acids is 2. The second kappa shape index (κ2) is 10.0. The van der Waals surface area contributed by atoms with Gasteiger partial charge in [-0.25, -0.2) is 4.98 Å². The molecule has 6 nitrogen and oxygen atoms in total. The van der Waals surface area contributed by atoms with Gasteiger partial charge in [0.1, 0.15) is 11.4 Å². The zero-order valence-electron chi connectivity index (χ0n) is 17.7. The van der Waals surface area contributed by atoms with Crippen molar-refractivity contribution in [1.82, 2.24) is 9.88 Å². The summed E-state index contributed by atoms with van der Waals surface area (Å²) < 4.78 is 5.14. The maximum absolute atomic E-state index is 12.8. The summed E-state index contributed by atoms with van der Waals surface area (Å²) in [7, 11) is 1.55. The van der Waals surface area contributed by atoms with E-state index in [9.17, 15) is 9.59 Å². The molecule has 1 saturated heterocycles. The largest absolute Gasteiger partial charge is 0.495 e. The summed E-state index contributed by atoms with van der Waals surface area (Å²) in [6.07, 6.45) is 7.52. The number of benzene rings is 1. The van der Waals surface area contributed by atoms with E-state index in [0.717, 1.165) is 43.8 Å². The third-order valence-electron chi connectivity index (χ3n) is 6.27. The maximum atomic E-state index is 12.8. The Kier molecular flexibility index (Phi) is 7.13.